The highest BCUT2D eigenvalue weighted by molar-refractivity contribution is 6.06. The number of carbonyl (C=O) groups excluding carboxylic acids is 2. The molecule has 1 aliphatic heterocycles. The lowest BCUT2D eigenvalue weighted by atomic mass is 10.0. The molecule has 2 aromatic carbocycles. The summed E-state index contributed by atoms with van der Waals surface area (Å²) in [7, 11) is 0. The molecule has 0 fully saturated rings. The van der Waals surface area contributed by atoms with Crippen LogP contribution >= 0.6 is 0 Å². The number of nitrogens with two attached hydrogens (primary N) is 1. The molecule has 0 saturated heterocycles. The van der Waals surface area contributed by atoms with Gasteiger partial charge in [-0.05, 0) is 37.1 Å². The first-order chi connectivity index (χ1) is 17.0. The largest absolute Gasteiger partial charge is 0.327 e. The molecule has 2 amide bonds. The van der Waals surface area contributed by atoms with Crippen LogP contribution in [-0.4, -0.2) is 27.6 Å². The fourth-order valence-electron chi connectivity index (χ4n) is 3.78. The summed E-state index contributed by atoms with van der Waals surface area (Å²) in [6, 6.07) is 4.62. The van der Waals surface area contributed by atoms with Crippen LogP contribution in [-0.2, 0) is 22.6 Å². The first-order valence-corrected chi connectivity index (χ1v) is 10.7. The Labute approximate surface area is 202 Å². The number of aromatic nitrogens is 2. The number of carbonyl (C=O) groups is 2. The lowest BCUT2D eigenvalue weighted by molar-refractivity contribution is -0.118. The molecule has 12 heteroatoms. The van der Waals surface area contributed by atoms with E-state index in [-0.39, 0.29) is 36.2 Å². The number of hydrogen-bond donors (Lipinski definition) is 2. The minimum Gasteiger partial charge on any atom is -0.327 e. The molecule has 3 N–H and O–H groups in total. The average Bonchev–Trinajstić information content (AvgIpc) is 3.19. The molecular formula is C24H20F5N5O2. The molecule has 0 spiro atoms. The van der Waals surface area contributed by atoms with E-state index in [1.165, 1.54) is 16.9 Å². The minimum atomic E-state index is -1.34. The van der Waals surface area contributed by atoms with Crippen LogP contribution in [0, 0.1) is 36.0 Å². The number of aryl methyl sites for hydroxylation is 1. The Bertz CT molecular complexity index is 1390. The van der Waals surface area contributed by atoms with Gasteiger partial charge in [0.15, 0.2) is 23.3 Å². The van der Waals surface area contributed by atoms with Gasteiger partial charge in [-0.1, -0.05) is 0 Å². The minimum absolute atomic E-state index is 0.00537. The van der Waals surface area contributed by atoms with Gasteiger partial charge in [0.1, 0.15) is 11.6 Å². The molecule has 1 atom stereocenters. The topological polar surface area (TPSA) is 93.2 Å². The summed E-state index contributed by atoms with van der Waals surface area (Å²) < 4.78 is 68.7. The molecule has 0 bridgehead atoms. The Balaban J connectivity index is 1.53. The van der Waals surface area contributed by atoms with Crippen LogP contribution in [0.25, 0.3) is 0 Å². The van der Waals surface area contributed by atoms with Crippen LogP contribution in [0.5, 0.6) is 0 Å². The molecule has 0 aliphatic carbocycles. The Hall–Kier alpha value is -4.06. The highest BCUT2D eigenvalue weighted by Gasteiger charge is 2.28. The second kappa shape index (κ2) is 9.90. The number of nitrogens with zero attached hydrogens (tertiary/aromatic N) is 3. The summed E-state index contributed by atoms with van der Waals surface area (Å²) >= 11 is 0. The molecule has 4 rings (SSSR count). The van der Waals surface area contributed by atoms with Crippen LogP contribution in [0.15, 0.2) is 48.2 Å². The van der Waals surface area contributed by atoms with Crippen molar-refractivity contribution in [3.05, 3.63) is 88.5 Å². The molecule has 0 saturated carbocycles. The first-order valence-electron chi connectivity index (χ1n) is 10.7. The highest BCUT2D eigenvalue weighted by Crippen LogP contribution is 2.26. The summed E-state index contributed by atoms with van der Waals surface area (Å²) in [4.78, 5) is 27.1. The summed E-state index contributed by atoms with van der Waals surface area (Å²) in [5, 5.41) is 6.70. The van der Waals surface area contributed by atoms with E-state index in [0.717, 1.165) is 17.0 Å². The van der Waals surface area contributed by atoms with E-state index in [2.05, 4.69) is 10.4 Å². The summed E-state index contributed by atoms with van der Waals surface area (Å²) in [6.45, 7) is 1.68. The van der Waals surface area contributed by atoms with Gasteiger partial charge in [-0.3, -0.25) is 14.5 Å². The van der Waals surface area contributed by atoms with Gasteiger partial charge >= 0.3 is 0 Å². The lowest BCUT2D eigenvalue weighted by Gasteiger charge is -2.26. The molecule has 36 heavy (non-hydrogen) atoms. The van der Waals surface area contributed by atoms with E-state index in [1.807, 2.05) is 0 Å². The van der Waals surface area contributed by atoms with Crippen molar-refractivity contribution in [2.75, 3.05) is 10.2 Å². The summed E-state index contributed by atoms with van der Waals surface area (Å²) in [5.74, 6) is -6.66. The first kappa shape index (κ1) is 25.0. The van der Waals surface area contributed by atoms with Gasteiger partial charge in [0, 0.05) is 42.5 Å². The van der Waals surface area contributed by atoms with E-state index in [1.54, 1.807) is 13.0 Å². The maximum Gasteiger partial charge on any atom is 0.254 e. The maximum atomic E-state index is 14.0. The third-order valence-corrected chi connectivity index (χ3v) is 5.48. The van der Waals surface area contributed by atoms with E-state index in [0.29, 0.717) is 23.6 Å². The van der Waals surface area contributed by atoms with Gasteiger partial charge in [0.05, 0.1) is 17.8 Å². The van der Waals surface area contributed by atoms with Crippen LogP contribution in [0.4, 0.5) is 33.5 Å². The van der Waals surface area contributed by atoms with Gasteiger partial charge in [-0.2, -0.15) is 5.10 Å². The second-order valence-corrected chi connectivity index (χ2v) is 8.33. The third kappa shape index (κ3) is 5.28. The van der Waals surface area contributed by atoms with Crippen molar-refractivity contribution in [2.24, 2.45) is 5.73 Å². The zero-order chi connectivity index (χ0) is 26.1. The SMILES string of the molecule is Cc1cc2n(n1)CC(C(=O)Nc1ccc(F)c(F)c1)=CN2C(=O)C[C@H](N)Cc1cc(F)c(F)cc1F. The number of amides is 2. The molecule has 7 nitrogen and oxygen atoms in total. The number of benzene rings is 2. The smallest absolute Gasteiger partial charge is 0.254 e. The van der Waals surface area contributed by atoms with Crippen LogP contribution in [0.3, 0.4) is 0 Å². The number of rotatable bonds is 6. The van der Waals surface area contributed by atoms with Crippen molar-refractivity contribution in [3.63, 3.8) is 0 Å². The van der Waals surface area contributed by atoms with Gasteiger partial charge in [0.2, 0.25) is 5.91 Å². The van der Waals surface area contributed by atoms with E-state index in [4.69, 9.17) is 5.73 Å². The number of halogens is 5. The highest BCUT2D eigenvalue weighted by atomic mass is 19.2. The Morgan fingerprint density at radius 3 is 2.42 bits per heavy atom. The number of fused-ring (bicyclic) bond motifs is 1. The molecule has 1 aromatic heterocycles. The lowest BCUT2D eigenvalue weighted by Crippen LogP contribution is -2.38. The van der Waals surface area contributed by atoms with Crippen molar-refractivity contribution >= 4 is 23.3 Å². The molecule has 1 aliphatic rings. The quantitative estimate of drug-likeness (QED) is 0.395. The van der Waals surface area contributed by atoms with Crippen LogP contribution < -0.4 is 16.0 Å². The van der Waals surface area contributed by atoms with Crippen molar-refractivity contribution in [1.29, 1.82) is 0 Å². The van der Waals surface area contributed by atoms with Crippen molar-refractivity contribution in [2.45, 2.75) is 32.4 Å². The molecule has 0 radical (unpaired) electrons. The Morgan fingerprint density at radius 2 is 1.69 bits per heavy atom. The Morgan fingerprint density at radius 1 is 1.00 bits per heavy atom. The summed E-state index contributed by atoms with van der Waals surface area (Å²) in [5.41, 5.74) is 6.47. The van der Waals surface area contributed by atoms with E-state index in [9.17, 15) is 31.5 Å². The molecule has 3 aromatic rings. The normalized spacial score (nSPS) is 13.8. The van der Waals surface area contributed by atoms with Crippen LogP contribution in [0.2, 0.25) is 0 Å². The van der Waals surface area contributed by atoms with Crippen molar-refractivity contribution in [3.8, 4) is 0 Å². The van der Waals surface area contributed by atoms with Crippen molar-refractivity contribution < 1.29 is 31.5 Å². The van der Waals surface area contributed by atoms with Gasteiger partial charge in [-0.25, -0.2) is 26.6 Å². The number of nitrogens with one attached hydrogen (secondary N) is 1. The van der Waals surface area contributed by atoms with Gasteiger partial charge in [0.25, 0.3) is 5.91 Å². The third-order valence-electron chi connectivity index (χ3n) is 5.48. The van der Waals surface area contributed by atoms with E-state index >= 15 is 0 Å². The zero-order valence-electron chi connectivity index (χ0n) is 18.9. The van der Waals surface area contributed by atoms with Gasteiger partial charge in [-0.15, -0.1) is 0 Å². The molecule has 2 heterocycles. The van der Waals surface area contributed by atoms with Gasteiger partial charge < -0.3 is 11.1 Å². The number of anilines is 2. The fourth-order valence-corrected chi connectivity index (χ4v) is 3.78. The molecular weight excluding hydrogens is 485 g/mol. The maximum absolute atomic E-state index is 14.0. The van der Waals surface area contributed by atoms with Crippen LogP contribution in [0.1, 0.15) is 17.7 Å². The standard InChI is InChI=1S/C24H20F5N5O2/c1-12-4-22-33(23(35)7-15(30)5-13-6-19(27)21(29)9-18(13)26)10-14(11-34(22)32-12)24(36)31-16-2-3-17(25)20(28)8-16/h2-4,6,8-10,15H,5,7,11,30H2,1H3,(H,31,36)/t15-/m1/s1. The summed E-state index contributed by atoms with van der Waals surface area (Å²) in [6.07, 6.45) is 0.712. The monoisotopic (exact) mass is 505 g/mol. The Kier molecular flexibility index (Phi) is 6.88. The number of hydrogen-bond acceptors (Lipinski definition) is 4. The fraction of sp³-hybridized carbons (Fsp3) is 0.208. The predicted octanol–water partition coefficient (Wildman–Crippen LogP) is 3.72. The average molecular weight is 505 g/mol. The zero-order valence-corrected chi connectivity index (χ0v) is 18.9. The molecule has 188 valence electrons. The van der Waals surface area contributed by atoms with Crippen molar-refractivity contribution in [1.82, 2.24) is 9.78 Å². The predicted molar refractivity (Wildman–Crippen MR) is 120 cm³/mol. The second-order valence-electron chi connectivity index (χ2n) is 8.33. The van der Waals surface area contributed by atoms with E-state index < -0.39 is 46.9 Å². The molecule has 0 unspecified atom stereocenters.